The zero-order chi connectivity index (χ0) is 24.5. The van der Waals surface area contributed by atoms with E-state index in [1.165, 1.54) is 14.7 Å². The molecule has 2 aromatic rings. The van der Waals surface area contributed by atoms with E-state index in [1.807, 2.05) is 6.07 Å². The first-order valence-electron chi connectivity index (χ1n) is 11.0. The highest BCUT2D eigenvalue weighted by Gasteiger charge is 2.62. The third kappa shape index (κ3) is 3.57. The number of rotatable bonds is 6. The van der Waals surface area contributed by atoms with Crippen molar-refractivity contribution in [2.24, 2.45) is 0 Å². The Morgan fingerprint density at radius 3 is 2.47 bits per heavy atom. The van der Waals surface area contributed by atoms with E-state index in [2.05, 4.69) is 0 Å². The van der Waals surface area contributed by atoms with Gasteiger partial charge in [-0.15, -0.1) is 0 Å². The van der Waals surface area contributed by atoms with Gasteiger partial charge in [0.15, 0.2) is 6.61 Å². The molecular formula is C25H24N4O5. The van der Waals surface area contributed by atoms with E-state index in [1.54, 1.807) is 68.4 Å². The molecule has 1 unspecified atom stereocenters. The van der Waals surface area contributed by atoms with Crippen LogP contribution in [0.25, 0.3) is 0 Å². The molecule has 0 saturated carbocycles. The fraction of sp³-hybridized carbons (Fsp3) is 0.320. The van der Waals surface area contributed by atoms with Crippen molar-refractivity contribution in [2.45, 2.75) is 38.4 Å². The molecule has 0 N–H and O–H groups in total. The number of benzene rings is 2. The molecule has 2 aliphatic heterocycles. The Hall–Kier alpha value is -4.19. The van der Waals surface area contributed by atoms with Gasteiger partial charge in [-0.1, -0.05) is 30.3 Å². The van der Waals surface area contributed by atoms with E-state index in [9.17, 15) is 19.2 Å². The molecule has 3 amide bonds. The lowest BCUT2D eigenvalue weighted by Crippen LogP contribution is -2.70. The van der Waals surface area contributed by atoms with E-state index in [0.717, 1.165) is 0 Å². The first-order chi connectivity index (χ1) is 16.3. The Labute approximate surface area is 197 Å². The number of para-hydroxylation sites is 2. The van der Waals surface area contributed by atoms with Gasteiger partial charge in [-0.3, -0.25) is 24.2 Å². The average Bonchev–Trinajstić information content (AvgIpc) is 3.19. The van der Waals surface area contributed by atoms with Crippen LogP contribution in [0.5, 0.6) is 0 Å². The van der Waals surface area contributed by atoms with Crippen LogP contribution in [0.15, 0.2) is 54.6 Å². The Balaban J connectivity index is 1.66. The standard InChI is InChI=1S/C25H24N4O5/c1-17(2)28-23(32)19-10-6-7-11-20(19)29-21(30)12-13-25(28,29)24(33)34-16-22(31)27(15-14-26)18-8-4-3-5-9-18/h3-11,17H,12-13,15-16H2,1-2H3. The van der Waals surface area contributed by atoms with E-state index in [0.29, 0.717) is 16.9 Å². The molecule has 0 aromatic heterocycles. The fourth-order valence-corrected chi connectivity index (χ4v) is 4.70. The largest absolute Gasteiger partial charge is 0.452 e. The third-order valence-electron chi connectivity index (χ3n) is 6.07. The Morgan fingerprint density at radius 1 is 1.12 bits per heavy atom. The van der Waals surface area contributed by atoms with Gasteiger partial charge in [-0.05, 0) is 38.1 Å². The lowest BCUT2D eigenvalue weighted by atomic mass is 9.95. The zero-order valence-corrected chi connectivity index (χ0v) is 18.9. The zero-order valence-electron chi connectivity index (χ0n) is 18.9. The highest BCUT2D eigenvalue weighted by molar-refractivity contribution is 6.15. The molecule has 1 fully saturated rings. The molecule has 0 radical (unpaired) electrons. The van der Waals surface area contributed by atoms with Crippen LogP contribution >= 0.6 is 0 Å². The molecule has 2 heterocycles. The lowest BCUT2D eigenvalue weighted by molar-refractivity contribution is -0.160. The van der Waals surface area contributed by atoms with Crippen molar-refractivity contribution < 1.29 is 23.9 Å². The third-order valence-corrected chi connectivity index (χ3v) is 6.07. The summed E-state index contributed by atoms with van der Waals surface area (Å²) in [5.74, 6) is -2.13. The molecule has 1 saturated heterocycles. The predicted molar refractivity (Wildman–Crippen MR) is 123 cm³/mol. The number of hydrogen-bond donors (Lipinski definition) is 0. The second-order valence-corrected chi connectivity index (χ2v) is 8.38. The van der Waals surface area contributed by atoms with Gasteiger partial charge < -0.3 is 9.64 Å². The Kier molecular flexibility index (Phi) is 6.07. The molecular weight excluding hydrogens is 436 g/mol. The average molecular weight is 460 g/mol. The van der Waals surface area contributed by atoms with Crippen LogP contribution in [0.1, 0.15) is 37.0 Å². The predicted octanol–water partition coefficient (Wildman–Crippen LogP) is 2.47. The maximum Gasteiger partial charge on any atom is 0.354 e. The number of esters is 1. The quantitative estimate of drug-likeness (QED) is 0.484. The van der Waals surface area contributed by atoms with Crippen LogP contribution in [-0.2, 0) is 19.1 Å². The maximum atomic E-state index is 13.6. The van der Waals surface area contributed by atoms with Gasteiger partial charge in [-0.2, -0.15) is 5.26 Å². The highest BCUT2D eigenvalue weighted by atomic mass is 16.5. The molecule has 0 aliphatic carbocycles. The van der Waals surface area contributed by atoms with Crippen LogP contribution in [0, 0.1) is 11.3 Å². The maximum absolute atomic E-state index is 13.6. The number of hydrogen-bond acceptors (Lipinski definition) is 6. The number of fused-ring (bicyclic) bond motifs is 3. The van der Waals surface area contributed by atoms with Crippen LogP contribution in [0.3, 0.4) is 0 Å². The first-order valence-corrected chi connectivity index (χ1v) is 11.0. The van der Waals surface area contributed by atoms with Gasteiger partial charge in [0.05, 0.1) is 17.3 Å². The number of nitrogens with zero attached hydrogens (tertiary/aromatic N) is 4. The molecule has 34 heavy (non-hydrogen) atoms. The van der Waals surface area contributed by atoms with Gasteiger partial charge in [0.2, 0.25) is 11.6 Å². The summed E-state index contributed by atoms with van der Waals surface area (Å²) in [7, 11) is 0. The number of anilines is 2. The SMILES string of the molecule is CC(C)N1C(=O)c2ccccc2N2C(=O)CCC21C(=O)OCC(=O)N(CC#N)c1ccccc1. The number of carbonyl (C=O) groups excluding carboxylic acids is 4. The van der Waals surface area contributed by atoms with Crippen LogP contribution in [-0.4, -0.2) is 53.4 Å². The van der Waals surface area contributed by atoms with Gasteiger partial charge >= 0.3 is 5.97 Å². The summed E-state index contributed by atoms with van der Waals surface area (Å²) in [6.45, 7) is 2.66. The highest BCUT2D eigenvalue weighted by Crippen LogP contribution is 2.45. The minimum absolute atomic E-state index is 0.0533. The van der Waals surface area contributed by atoms with Crippen molar-refractivity contribution >= 4 is 35.1 Å². The molecule has 0 bridgehead atoms. The molecule has 1 atom stereocenters. The minimum Gasteiger partial charge on any atom is -0.452 e. The van der Waals surface area contributed by atoms with Gasteiger partial charge in [-0.25, -0.2) is 4.79 Å². The van der Waals surface area contributed by atoms with Crippen molar-refractivity contribution in [1.29, 1.82) is 5.26 Å². The molecule has 2 aromatic carbocycles. The van der Waals surface area contributed by atoms with Crippen molar-refractivity contribution in [2.75, 3.05) is 23.0 Å². The number of ether oxygens (including phenoxy) is 1. The van der Waals surface area contributed by atoms with Crippen molar-refractivity contribution in [3.63, 3.8) is 0 Å². The topological polar surface area (TPSA) is 111 Å². The minimum atomic E-state index is -1.68. The Bertz CT molecular complexity index is 1190. The number of amides is 3. The Morgan fingerprint density at radius 2 is 1.79 bits per heavy atom. The van der Waals surface area contributed by atoms with Gasteiger partial charge in [0, 0.05) is 24.6 Å². The van der Waals surface area contributed by atoms with Crippen LogP contribution in [0.2, 0.25) is 0 Å². The summed E-state index contributed by atoms with van der Waals surface area (Å²) < 4.78 is 5.46. The molecule has 4 rings (SSSR count). The molecule has 9 heteroatoms. The smallest absolute Gasteiger partial charge is 0.354 e. The van der Waals surface area contributed by atoms with Crippen LogP contribution in [0.4, 0.5) is 11.4 Å². The molecule has 9 nitrogen and oxygen atoms in total. The van der Waals surface area contributed by atoms with E-state index in [4.69, 9.17) is 10.00 Å². The van der Waals surface area contributed by atoms with Crippen molar-refractivity contribution in [1.82, 2.24) is 4.90 Å². The monoisotopic (exact) mass is 460 g/mol. The number of nitriles is 1. The summed E-state index contributed by atoms with van der Waals surface area (Å²) in [5, 5.41) is 9.16. The summed E-state index contributed by atoms with van der Waals surface area (Å²) in [4.78, 5) is 56.7. The van der Waals surface area contributed by atoms with Crippen molar-refractivity contribution in [3.8, 4) is 6.07 Å². The summed E-state index contributed by atoms with van der Waals surface area (Å²) in [6, 6.07) is 16.7. The molecule has 2 aliphatic rings. The van der Waals surface area contributed by atoms with E-state index < -0.39 is 30.2 Å². The summed E-state index contributed by atoms with van der Waals surface area (Å²) in [6.07, 6.45) is 0.107. The molecule has 174 valence electrons. The first kappa shape index (κ1) is 23.0. The second-order valence-electron chi connectivity index (χ2n) is 8.38. The van der Waals surface area contributed by atoms with Crippen LogP contribution < -0.4 is 9.80 Å². The summed E-state index contributed by atoms with van der Waals surface area (Å²) in [5.41, 5.74) is -0.503. The molecule has 0 spiro atoms. The van der Waals surface area contributed by atoms with E-state index in [-0.39, 0.29) is 31.2 Å². The second kappa shape index (κ2) is 8.98. The lowest BCUT2D eigenvalue weighted by Gasteiger charge is -2.50. The number of carbonyl (C=O) groups is 4. The summed E-state index contributed by atoms with van der Waals surface area (Å²) >= 11 is 0. The van der Waals surface area contributed by atoms with E-state index >= 15 is 0 Å². The van der Waals surface area contributed by atoms with Crippen molar-refractivity contribution in [3.05, 3.63) is 60.2 Å². The fourth-order valence-electron chi connectivity index (χ4n) is 4.70. The normalized spacial score (nSPS) is 18.9. The van der Waals surface area contributed by atoms with Gasteiger partial charge in [0.25, 0.3) is 11.8 Å². The van der Waals surface area contributed by atoms with Gasteiger partial charge in [0.1, 0.15) is 6.54 Å².